The van der Waals surface area contributed by atoms with Gasteiger partial charge in [-0.05, 0) is 49.1 Å². The number of nitrogens with zero attached hydrogens (tertiary/aromatic N) is 4. The molecule has 0 spiro atoms. The van der Waals surface area contributed by atoms with Gasteiger partial charge in [0.15, 0.2) is 16.4 Å². The predicted octanol–water partition coefficient (Wildman–Crippen LogP) is 4.91. The van der Waals surface area contributed by atoms with Crippen molar-refractivity contribution < 1.29 is 4.42 Å². The maximum absolute atomic E-state index is 13.2. The summed E-state index contributed by atoms with van der Waals surface area (Å²) in [6, 6.07) is 11.6. The van der Waals surface area contributed by atoms with Crippen LogP contribution in [-0.4, -0.2) is 27.9 Å². The van der Waals surface area contributed by atoms with Gasteiger partial charge in [0.05, 0.1) is 17.5 Å². The topological polar surface area (TPSA) is 64.2 Å². The molecule has 0 aliphatic carbocycles. The summed E-state index contributed by atoms with van der Waals surface area (Å²) in [4.78, 5) is 20.2. The molecule has 148 valence electrons. The summed E-state index contributed by atoms with van der Waals surface area (Å²) < 4.78 is 8.90. The van der Waals surface area contributed by atoms with E-state index in [2.05, 4.69) is 25.9 Å². The average molecular weight is 471 g/mol. The van der Waals surface area contributed by atoms with Crippen LogP contribution in [0.25, 0.3) is 21.7 Å². The maximum Gasteiger partial charge on any atom is 0.294 e. The summed E-state index contributed by atoms with van der Waals surface area (Å²) in [6.45, 7) is 2.35. The first-order valence-electron chi connectivity index (χ1n) is 9.64. The third-order valence-electron chi connectivity index (χ3n) is 5.12. The van der Waals surface area contributed by atoms with Crippen molar-refractivity contribution in [3.63, 3.8) is 0 Å². The van der Waals surface area contributed by atoms with Gasteiger partial charge in [0.2, 0.25) is 0 Å². The quantitative estimate of drug-likeness (QED) is 0.423. The summed E-state index contributed by atoms with van der Waals surface area (Å²) in [5.74, 6) is 0.647. The van der Waals surface area contributed by atoms with Crippen LogP contribution in [0.3, 0.4) is 0 Å². The van der Waals surface area contributed by atoms with E-state index in [0.717, 1.165) is 45.8 Å². The first-order chi connectivity index (χ1) is 14.2. The fraction of sp³-hybridized carbons (Fsp3) is 0.286. The van der Waals surface area contributed by atoms with E-state index in [9.17, 15) is 4.79 Å². The molecule has 5 rings (SSSR count). The summed E-state index contributed by atoms with van der Waals surface area (Å²) in [5.41, 5.74) is 1.97. The van der Waals surface area contributed by atoms with Crippen molar-refractivity contribution in [2.24, 2.45) is 0 Å². The van der Waals surface area contributed by atoms with Crippen molar-refractivity contribution in [2.45, 2.75) is 25.8 Å². The van der Waals surface area contributed by atoms with E-state index in [1.807, 2.05) is 36.4 Å². The zero-order chi connectivity index (χ0) is 19.8. The molecule has 0 saturated carbocycles. The zero-order valence-electron chi connectivity index (χ0n) is 15.7. The Kier molecular flexibility index (Phi) is 4.97. The SMILES string of the molecule is O=c1c2nc(N3CCCCC3)sc2c(-c2ccco2)nn1Cc1ccc(Br)cc1. The first-order valence-corrected chi connectivity index (χ1v) is 11.2. The molecule has 3 aromatic heterocycles. The lowest BCUT2D eigenvalue weighted by molar-refractivity contribution is 0.571. The van der Waals surface area contributed by atoms with Gasteiger partial charge in [-0.3, -0.25) is 4.79 Å². The van der Waals surface area contributed by atoms with E-state index in [1.165, 1.54) is 22.4 Å². The van der Waals surface area contributed by atoms with Crippen molar-refractivity contribution in [2.75, 3.05) is 18.0 Å². The number of aromatic nitrogens is 3. The van der Waals surface area contributed by atoms with Gasteiger partial charge in [-0.1, -0.05) is 39.4 Å². The highest BCUT2D eigenvalue weighted by Gasteiger charge is 2.22. The fourth-order valence-corrected chi connectivity index (χ4v) is 4.98. The Morgan fingerprint density at radius 3 is 2.62 bits per heavy atom. The van der Waals surface area contributed by atoms with Gasteiger partial charge < -0.3 is 9.32 Å². The number of rotatable bonds is 4. The molecular weight excluding hydrogens is 452 g/mol. The van der Waals surface area contributed by atoms with E-state index in [4.69, 9.17) is 9.40 Å². The lowest BCUT2D eigenvalue weighted by Crippen LogP contribution is -2.29. The molecule has 1 aromatic carbocycles. The molecule has 1 fully saturated rings. The number of thiazole rings is 1. The molecule has 1 aliphatic heterocycles. The fourth-order valence-electron chi connectivity index (χ4n) is 3.61. The number of halogens is 1. The van der Waals surface area contributed by atoms with Gasteiger partial charge in [0.1, 0.15) is 5.69 Å². The Balaban J connectivity index is 1.64. The minimum atomic E-state index is -0.169. The molecule has 6 nitrogen and oxygen atoms in total. The van der Waals surface area contributed by atoms with Crippen molar-refractivity contribution >= 4 is 42.6 Å². The molecule has 8 heteroatoms. The third-order valence-corrected chi connectivity index (χ3v) is 6.77. The minimum Gasteiger partial charge on any atom is -0.463 e. The second-order valence-electron chi connectivity index (χ2n) is 7.14. The van der Waals surface area contributed by atoms with Crippen LogP contribution in [0.4, 0.5) is 5.13 Å². The van der Waals surface area contributed by atoms with Crippen molar-refractivity contribution in [1.29, 1.82) is 0 Å². The van der Waals surface area contributed by atoms with Crippen LogP contribution in [0, 0.1) is 0 Å². The van der Waals surface area contributed by atoms with E-state index in [-0.39, 0.29) is 5.56 Å². The molecule has 0 N–H and O–H groups in total. The lowest BCUT2D eigenvalue weighted by Gasteiger charge is -2.25. The number of hydrogen-bond acceptors (Lipinski definition) is 6. The number of hydrogen-bond donors (Lipinski definition) is 0. The monoisotopic (exact) mass is 470 g/mol. The van der Waals surface area contributed by atoms with Gasteiger partial charge in [0, 0.05) is 17.6 Å². The summed E-state index contributed by atoms with van der Waals surface area (Å²) in [6.07, 6.45) is 5.19. The second-order valence-corrected chi connectivity index (χ2v) is 9.03. The van der Waals surface area contributed by atoms with E-state index < -0.39 is 0 Å². The van der Waals surface area contributed by atoms with Gasteiger partial charge in [-0.25, -0.2) is 9.67 Å². The van der Waals surface area contributed by atoms with Crippen LogP contribution in [0.5, 0.6) is 0 Å². The van der Waals surface area contributed by atoms with Gasteiger partial charge in [-0.15, -0.1) is 0 Å². The molecule has 0 amide bonds. The highest BCUT2D eigenvalue weighted by molar-refractivity contribution is 9.10. The van der Waals surface area contributed by atoms with Crippen LogP contribution < -0.4 is 10.5 Å². The molecule has 0 atom stereocenters. The Morgan fingerprint density at radius 1 is 1.10 bits per heavy atom. The highest BCUT2D eigenvalue weighted by atomic mass is 79.9. The van der Waals surface area contributed by atoms with Crippen LogP contribution in [-0.2, 0) is 6.54 Å². The molecule has 0 bridgehead atoms. The predicted molar refractivity (Wildman–Crippen MR) is 119 cm³/mol. The normalized spacial score (nSPS) is 14.6. The van der Waals surface area contributed by atoms with Crippen molar-refractivity contribution in [3.8, 4) is 11.5 Å². The second kappa shape index (κ2) is 7.76. The number of piperidine rings is 1. The summed E-state index contributed by atoms with van der Waals surface area (Å²) in [5, 5.41) is 5.57. The van der Waals surface area contributed by atoms with Crippen LogP contribution in [0.1, 0.15) is 24.8 Å². The number of furan rings is 1. The molecular formula is C21H19BrN4O2S. The molecule has 1 aliphatic rings. The summed E-state index contributed by atoms with van der Waals surface area (Å²) in [7, 11) is 0. The van der Waals surface area contributed by atoms with Crippen LogP contribution in [0.2, 0.25) is 0 Å². The van der Waals surface area contributed by atoms with Gasteiger partial charge in [-0.2, -0.15) is 5.10 Å². The smallest absolute Gasteiger partial charge is 0.294 e. The molecule has 4 aromatic rings. The van der Waals surface area contributed by atoms with Crippen molar-refractivity contribution in [1.82, 2.24) is 14.8 Å². The van der Waals surface area contributed by atoms with Gasteiger partial charge >= 0.3 is 0 Å². The average Bonchev–Trinajstić information content (AvgIpc) is 3.43. The lowest BCUT2D eigenvalue weighted by atomic mass is 10.1. The maximum atomic E-state index is 13.2. The molecule has 0 unspecified atom stereocenters. The van der Waals surface area contributed by atoms with E-state index >= 15 is 0 Å². The Morgan fingerprint density at radius 2 is 1.90 bits per heavy atom. The molecule has 29 heavy (non-hydrogen) atoms. The van der Waals surface area contributed by atoms with Crippen LogP contribution >= 0.6 is 27.3 Å². The highest BCUT2D eigenvalue weighted by Crippen LogP contribution is 2.34. The third kappa shape index (κ3) is 3.62. The Labute approximate surface area is 179 Å². The van der Waals surface area contributed by atoms with Crippen molar-refractivity contribution in [3.05, 3.63) is 63.1 Å². The zero-order valence-corrected chi connectivity index (χ0v) is 18.1. The van der Waals surface area contributed by atoms with E-state index in [1.54, 1.807) is 6.26 Å². The standard InChI is InChI=1S/C21H19BrN4O2S/c22-15-8-6-14(7-9-15)13-26-20(27)18-19(17(24-26)16-5-4-12-28-16)29-21(23-18)25-10-2-1-3-11-25/h4-9,12H,1-3,10-11,13H2. The Hall–Kier alpha value is -2.45. The summed E-state index contributed by atoms with van der Waals surface area (Å²) >= 11 is 4.98. The largest absolute Gasteiger partial charge is 0.463 e. The number of benzene rings is 1. The molecule has 0 radical (unpaired) electrons. The molecule has 4 heterocycles. The number of anilines is 1. The number of fused-ring (bicyclic) bond motifs is 1. The minimum absolute atomic E-state index is 0.169. The Bertz CT molecular complexity index is 1190. The van der Waals surface area contributed by atoms with Crippen LogP contribution in [0.15, 0.2) is 56.3 Å². The van der Waals surface area contributed by atoms with Gasteiger partial charge in [0.25, 0.3) is 5.56 Å². The van der Waals surface area contributed by atoms with E-state index in [0.29, 0.717) is 23.5 Å². The molecule has 1 saturated heterocycles. The first kappa shape index (κ1) is 18.6.